The van der Waals surface area contributed by atoms with Crippen molar-refractivity contribution in [1.82, 2.24) is 5.32 Å². The van der Waals surface area contributed by atoms with Gasteiger partial charge in [-0.3, -0.25) is 9.69 Å². The quantitative estimate of drug-likeness (QED) is 0.379. The smallest absolute Gasteiger partial charge is 0.281 e. The fourth-order valence-electron chi connectivity index (χ4n) is 3.69. The first-order valence-corrected chi connectivity index (χ1v) is 11.2. The molecule has 0 bridgehead atoms. The predicted octanol–water partition coefficient (Wildman–Crippen LogP) is 5.41. The molecule has 0 atom stereocenters. The third-order valence-corrected chi connectivity index (χ3v) is 5.76. The number of ether oxygens (including phenoxy) is 2. The van der Waals surface area contributed by atoms with Gasteiger partial charge < -0.3 is 14.8 Å². The fourth-order valence-corrected chi connectivity index (χ4v) is 3.99. The SMILES string of the molecule is CCc1ccc(OCc2cc(/C=C3/NC(=S)N(c4cccc(C)c4)C3=O)ccc2OC)cc1. The molecule has 0 saturated carbocycles. The maximum absolute atomic E-state index is 13.1. The summed E-state index contributed by atoms with van der Waals surface area (Å²) in [4.78, 5) is 14.6. The minimum Gasteiger partial charge on any atom is -0.496 e. The van der Waals surface area contributed by atoms with E-state index < -0.39 is 0 Å². The number of anilines is 1. The van der Waals surface area contributed by atoms with Gasteiger partial charge in [0, 0.05) is 5.56 Å². The number of amides is 1. The summed E-state index contributed by atoms with van der Waals surface area (Å²) in [6.07, 6.45) is 2.78. The van der Waals surface area contributed by atoms with Crippen LogP contribution in [0.4, 0.5) is 5.69 Å². The van der Waals surface area contributed by atoms with Gasteiger partial charge in [-0.2, -0.15) is 0 Å². The van der Waals surface area contributed by atoms with Crippen LogP contribution >= 0.6 is 12.2 Å². The molecule has 1 aliphatic heterocycles. The average Bonchev–Trinajstić information content (AvgIpc) is 3.10. The highest BCUT2D eigenvalue weighted by Gasteiger charge is 2.32. The van der Waals surface area contributed by atoms with E-state index in [1.807, 2.05) is 61.5 Å². The van der Waals surface area contributed by atoms with Crippen molar-refractivity contribution >= 4 is 35.0 Å². The first kappa shape index (κ1) is 22.6. The number of thiocarbonyl (C=S) groups is 1. The van der Waals surface area contributed by atoms with Gasteiger partial charge in [-0.25, -0.2) is 0 Å². The van der Waals surface area contributed by atoms with Crippen LogP contribution in [0.1, 0.15) is 29.2 Å². The summed E-state index contributed by atoms with van der Waals surface area (Å²) in [5, 5.41) is 3.41. The molecule has 168 valence electrons. The number of methoxy groups -OCH3 is 1. The number of benzene rings is 3. The molecule has 0 spiro atoms. The zero-order valence-corrected chi connectivity index (χ0v) is 19.7. The molecule has 1 N–H and O–H groups in total. The van der Waals surface area contributed by atoms with Gasteiger partial charge in [0.05, 0.1) is 12.8 Å². The topological polar surface area (TPSA) is 50.8 Å². The number of nitrogens with zero attached hydrogens (tertiary/aromatic N) is 1. The molecule has 1 heterocycles. The second kappa shape index (κ2) is 9.88. The van der Waals surface area contributed by atoms with E-state index in [2.05, 4.69) is 24.4 Å². The Kier molecular flexibility index (Phi) is 6.75. The average molecular weight is 459 g/mol. The Bertz CT molecular complexity index is 1220. The van der Waals surface area contributed by atoms with Gasteiger partial charge in [0.2, 0.25) is 0 Å². The molecule has 0 aliphatic carbocycles. The minimum atomic E-state index is -0.185. The lowest BCUT2D eigenvalue weighted by atomic mass is 10.1. The van der Waals surface area contributed by atoms with Gasteiger partial charge in [-0.15, -0.1) is 0 Å². The lowest BCUT2D eigenvalue weighted by molar-refractivity contribution is -0.113. The highest BCUT2D eigenvalue weighted by atomic mass is 32.1. The molecule has 1 amide bonds. The van der Waals surface area contributed by atoms with Crippen molar-refractivity contribution in [3.05, 3.63) is 94.7 Å². The number of aryl methyl sites for hydroxylation is 2. The lowest BCUT2D eigenvalue weighted by Gasteiger charge is -2.14. The first-order valence-electron chi connectivity index (χ1n) is 10.8. The second-order valence-corrected chi connectivity index (χ2v) is 8.21. The minimum absolute atomic E-state index is 0.185. The largest absolute Gasteiger partial charge is 0.496 e. The molecule has 1 saturated heterocycles. The van der Waals surface area contributed by atoms with Crippen LogP contribution in [0.25, 0.3) is 6.08 Å². The van der Waals surface area contributed by atoms with E-state index in [-0.39, 0.29) is 5.91 Å². The van der Waals surface area contributed by atoms with E-state index in [4.69, 9.17) is 21.7 Å². The van der Waals surface area contributed by atoms with Crippen LogP contribution in [0.2, 0.25) is 0 Å². The number of nitrogens with one attached hydrogen (secondary N) is 1. The monoisotopic (exact) mass is 458 g/mol. The van der Waals surface area contributed by atoms with Crippen LogP contribution < -0.4 is 19.7 Å². The van der Waals surface area contributed by atoms with E-state index >= 15 is 0 Å². The van der Waals surface area contributed by atoms with E-state index in [0.717, 1.165) is 40.3 Å². The van der Waals surface area contributed by atoms with E-state index in [0.29, 0.717) is 17.4 Å². The normalized spacial score (nSPS) is 14.5. The van der Waals surface area contributed by atoms with Crippen LogP contribution in [0.15, 0.2) is 72.4 Å². The van der Waals surface area contributed by atoms with Crippen molar-refractivity contribution in [1.29, 1.82) is 0 Å². The van der Waals surface area contributed by atoms with E-state index in [9.17, 15) is 4.79 Å². The Morgan fingerprint density at radius 2 is 1.85 bits per heavy atom. The zero-order chi connectivity index (χ0) is 23.4. The van der Waals surface area contributed by atoms with Gasteiger partial charge in [0.25, 0.3) is 5.91 Å². The summed E-state index contributed by atoms with van der Waals surface area (Å²) >= 11 is 5.43. The molecule has 5 nitrogen and oxygen atoms in total. The van der Waals surface area contributed by atoms with E-state index in [1.54, 1.807) is 13.2 Å². The van der Waals surface area contributed by atoms with Crippen LogP contribution in [0, 0.1) is 6.92 Å². The van der Waals surface area contributed by atoms with Gasteiger partial charge in [0.15, 0.2) is 5.11 Å². The van der Waals surface area contributed by atoms with Crippen molar-refractivity contribution in [3.63, 3.8) is 0 Å². The Morgan fingerprint density at radius 1 is 1.06 bits per heavy atom. The number of hydrogen-bond acceptors (Lipinski definition) is 4. The number of rotatable bonds is 7. The summed E-state index contributed by atoms with van der Waals surface area (Å²) in [7, 11) is 1.63. The van der Waals surface area contributed by atoms with Crippen LogP contribution in [-0.4, -0.2) is 18.1 Å². The van der Waals surface area contributed by atoms with Crippen molar-refractivity contribution < 1.29 is 14.3 Å². The van der Waals surface area contributed by atoms with Gasteiger partial charge >= 0.3 is 0 Å². The number of carbonyl (C=O) groups excluding carboxylic acids is 1. The maximum Gasteiger partial charge on any atom is 0.281 e. The molecule has 0 aromatic heterocycles. The van der Waals surface area contributed by atoms with Crippen molar-refractivity contribution in [3.8, 4) is 11.5 Å². The molecular formula is C27H26N2O3S. The zero-order valence-electron chi connectivity index (χ0n) is 18.9. The maximum atomic E-state index is 13.1. The second-order valence-electron chi connectivity index (χ2n) is 7.83. The molecule has 33 heavy (non-hydrogen) atoms. The molecule has 1 fully saturated rings. The third-order valence-electron chi connectivity index (χ3n) is 5.48. The Balaban J connectivity index is 1.55. The highest BCUT2D eigenvalue weighted by Crippen LogP contribution is 2.26. The standard InChI is InChI=1S/C27H26N2O3S/c1-4-19-8-11-23(12-9-19)32-17-21-15-20(10-13-25(21)31-3)16-24-26(30)29(27(33)28-24)22-7-5-6-18(2)14-22/h5-16H,4,17H2,1-3H3,(H,28,33)/b24-16+. The molecule has 0 unspecified atom stereocenters. The van der Waals surface area contributed by atoms with Crippen LogP contribution in [0.3, 0.4) is 0 Å². The molecule has 1 aliphatic rings. The summed E-state index contributed by atoms with van der Waals surface area (Å²) in [5.41, 5.74) is 5.23. The van der Waals surface area contributed by atoms with Crippen molar-refractivity contribution in [2.24, 2.45) is 0 Å². The van der Waals surface area contributed by atoms with Crippen LogP contribution in [0.5, 0.6) is 11.5 Å². The first-order chi connectivity index (χ1) is 16.0. The summed E-state index contributed by atoms with van der Waals surface area (Å²) in [6.45, 7) is 4.45. The number of hydrogen-bond donors (Lipinski definition) is 1. The third kappa shape index (κ3) is 5.07. The highest BCUT2D eigenvalue weighted by molar-refractivity contribution is 7.80. The Labute approximate surface area is 199 Å². The summed E-state index contributed by atoms with van der Waals surface area (Å²) in [6, 6.07) is 21.5. The summed E-state index contributed by atoms with van der Waals surface area (Å²) in [5.74, 6) is 1.34. The molecule has 3 aromatic rings. The van der Waals surface area contributed by atoms with Gasteiger partial charge in [-0.1, -0.05) is 37.3 Å². The molecule has 3 aromatic carbocycles. The molecule has 4 rings (SSSR count). The number of carbonyl (C=O) groups is 1. The Morgan fingerprint density at radius 3 is 2.55 bits per heavy atom. The summed E-state index contributed by atoms with van der Waals surface area (Å²) < 4.78 is 11.5. The van der Waals surface area contributed by atoms with Gasteiger partial charge in [-0.05, 0) is 84.7 Å². The molecule has 6 heteroatoms. The molecule has 0 radical (unpaired) electrons. The lowest BCUT2D eigenvalue weighted by Crippen LogP contribution is -2.30. The predicted molar refractivity (Wildman–Crippen MR) is 136 cm³/mol. The van der Waals surface area contributed by atoms with Crippen molar-refractivity contribution in [2.75, 3.05) is 12.0 Å². The van der Waals surface area contributed by atoms with E-state index in [1.165, 1.54) is 10.5 Å². The van der Waals surface area contributed by atoms with Crippen LogP contribution in [-0.2, 0) is 17.8 Å². The molecular weight excluding hydrogens is 432 g/mol. The van der Waals surface area contributed by atoms with Gasteiger partial charge in [0.1, 0.15) is 23.8 Å². The fraction of sp³-hybridized carbons (Fsp3) is 0.185. The Hall–Kier alpha value is -3.64. The van der Waals surface area contributed by atoms with Crippen molar-refractivity contribution in [2.45, 2.75) is 26.9 Å².